The maximum absolute atomic E-state index is 3.39. The van der Waals surface area contributed by atoms with E-state index in [-0.39, 0.29) is 0 Å². The Balaban J connectivity index is 2.04. The van der Waals surface area contributed by atoms with Crippen LogP contribution in [-0.4, -0.2) is 17.2 Å². The van der Waals surface area contributed by atoms with Crippen LogP contribution in [0.4, 0.5) is 0 Å². The molecule has 0 saturated heterocycles. The molecule has 0 saturated carbocycles. The molecule has 68 valence electrons. The van der Waals surface area contributed by atoms with Crippen molar-refractivity contribution in [2.75, 3.05) is 6.54 Å². The number of hydrogen-bond acceptors (Lipinski definition) is 1. The number of nitrogens with one attached hydrogen (secondary N) is 1. The van der Waals surface area contributed by atoms with E-state index in [0.717, 1.165) is 13.1 Å². The molecule has 2 nitrogen and oxygen atoms in total. The number of nitrogens with zero attached hydrogens (tertiary/aromatic N) is 1. The fraction of sp³-hybridized carbons (Fsp3) is 0.600. The summed E-state index contributed by atoms with van der Waals surface area (Å²) in [6.07, 6.45) is 5.41. The van der Waals surface area contributed by atoms with Crippen molar-refractivity contribution in [3.63, 3.8) is 0 Å². The van der Waals surface area contributed by atoms with E-state index in [1.54, 1.807) is 0 Å². The van der Waals surface area contributed by atoms with Gasteiger partial charge in [0.1, 0.15) is 0 Å². The van der Waals surface area contributed by atoms with E-state index in [2.05, 4.69) is 48.3 Å². The standard InChI is InChI=1S/C10H18N2/c1-10(2)11-6-5-9-12-7-3-4-8-12/h3-4,7-8,10-11H,5-6,9H2,1-2H3. The van der Waals surface area contributed by atoms with Gasteiger partial charge in [-0.25, -0.2) is 0 Å². The molecular formula is C10H18N2. The minimum atomic E-state index is 0.606. The van der Waals surface area contributed by atoms with E-state index in [1.165, 1.54) is 6.42 Å². The van der Waals surface area contributed by atoms with Gasteiger partial charge >= 0.3 is 0 Å². The molecule has 1 N–H and O–H groups in total. The van der Waals surface area contributed by atoms with Crippen molar-refractivity contribution in [3.8, 4) is 0 Å². The molecule has 1 aromatic heterocycles. The van der Waals surface area contributed by atoms with E-state index in [1.807, 2.05) is 0 Å². The molecule has 2 heteroatoms. The van der Waals surface area contributed by atoms with Crippen molar-refractivity contribution < 1.29 is 0 Å². The predicted octanol–water partition coefficient (Wildman–Crippen LogP) is 1.88. The Bertz CT molecular complexity index is 190. The third kappa shape index (κ3) is 3.58. The summed E-state index contributed by atoms with van der Waals surface area (Å²) in [5, 5.41) is 3.39. The van der Waals surface area contributed by atoms with Gasteiger partial charge in [0.05, 0.1) is 0 Å². The van der Waals surface area contributed by atoms with Gasteiger partial charge in [-0.1, -0.05) is 13.8 Å². The summed E-state index contributed by atoms with van der Waals surface area (Å²) < 4.78 is 2.21. The smallest absolute Gasteiger partial charge is 0.0231 e. The van der Waals surface area contributed by atoms with Gasteiger partial charge in [0.2, 0.25) is 0 Å². The van der Waals surface area contributed by atoms with E-state index >= 15 is 0 Å². The second-order valence-electron chi connectivity index (χ2n) is 3.38. The van der Waals surface area contributed by atoms with E-state index in [4.69, 9.17) is 0 Å². The zero-order valence-electron chi connectivity index (χ0n) is 7.96. The topological polar surface area (TPSA) is 17.0 Å². The summed E-state index contributed by atoms with van der Waals surface area (Å²) in [4.78, 5) is 0. The van der Waals surface area contributed by atoms with Crippen molar-refractivity contribution in [3.05, 3.63) is 24.5 Å². The Morgan fingerprint density at radius 3 is 2.50 bits per heavy atom. The second-order valence-corrected chi connectivity index (χ2v) is 3.38. The van der Waals surface area contributed by atoms with Gasteiger partial charge in [-0.05, 0) is 25.1 Å². The number of aromatic nitrogens is 1. The maximum atomic E-state index is 3.39. The fourth-order valence-electron chi connectivity index (χ4n) is 1.17. The van der Waals surface area contributed by atoms with E-state index < -0.39 is 0 Å². The normalized spacial score (nSPS) is 10.9. The molecule has 0 aliphatic heterocycles. The molecule has 0 atom stereocenters. The van der Waals surface area contributed by atoms with Crippen LogP contribution in [0.15, 0.2) is 24.5 Å². The molecule has 0 radical (unpaired) electrons. The predicted molar refractivity (Wildman–Crippen MR) is 52.2 cm³/mol. The van der Waals surface area contributed by atoms with Crippen molar-refractivity contribution in [1.82, 2.24) is 9.88 Å². The van der Waals surface area contributed by atoms with Crippen LogP contribution in [0.1, 0.15) is 20.3 Å². The first-order valence-corrected chi connectivity index (χ1v) is 4.63. The SMILES string of the molecule is CC(C)NCCCn1cccc1. The lowest BCUT2D eigenvalue weighted by molar-refractivity contribution is 0.536. The molecule has 1 aromatic rings. The van der Waals surface area contributed by atoms with Crippen molar-refractivity contribution in [2.24, 2.45) is 0 Å². The lowest BCUT2D eigenvalue weighted by Crippen LogP contribution is -2.24. The quantitative estimate of drug-likeness (QED) is 0.661. The van der Waals surface area contributed by atoms with Crippen LogP contribution in [0.2, 0.25) is 0 Å². The van der Waals surface area contributed by atoms with Crippen LogP contribution in [0.25, 0.3) is 0 Å². The Labute approximate surface area is 74.6 Å². The first-order chi connectivity index (χ1) is 5.79. The van der Waals surface area contributed by atoms with Gasteiger partial charge in [-0.15, -0.1) is 0 Å². The molecule has 0 unspecified atom stereocenters. The highest BCUT2D eigenvalue weighted by molar-refractivity contribution is 4.89. The Kier molecular flexibility index (Phi) is 3.88. The van der Waals surface area contributed by atoms with Gasteiger partial charge < -0.3 is 9.88 Å². The molecule has 0 amide bonds. The highest BCUT2D eigenvalue weighted by atomic mass is 14.9. The van der Waals surface area contributed by atoms with Gasteiger partial charge in [0.15, 0.2) is 0 Å². The van der Waals surface area contributed by atoms with Crippen LogP contribution in [0.3, 0.4) is 0 Å². The highest BCUT2D eigenvalue weighted by Gasteiger charge is 1.91. The third-order valence-corrected chi connectivity index (χ3v) is 1.81. The van der Waals surface area contributed by atoms with E-state index in [9.17, 15) is 0 Å². The zero-order valence-corrected chi connectivity index (χ0v) is 7.96. The summed E-state index contributed by atoms with van der Waals surface area (Å²) >= 11 is 0. The lowest BCUT2D eigenvalue weighted by atomic mass is 10.3. The Morgan fingerprint density at radius 2 is 1.92 bits per heavy atom. The molecule has 12 heavy (non-hydrogen) atoms. The molecule has 0 spiro atoms. The number of hydrogen-bond donors (Lipinski definition) is 1. The second kappa shape index (κ2) is 4.99. The van der Waals surface area contributed by atoms with Crippen LogP contribution in [0.5, 0.6) is 0 Å². The molecule has 0 aliphatic rings. The summed E-state index contributed by atoms with van der Waals surface area (Å²) in [5.41, 5.74) is 0. The lowest BCUT2D eigenvalue weighted by Gasteiger charge is -2.07. The largest absolute Gasteiger partial charge is 0.354 e. The Morgan fingerprint density at radius 1 is 1.25 bits per heavy atom. The summed E-state index contributed by atoms with van der Waals surface area (Å²) in [7, 11) is 0. The van der Waals surface area contributed by atoms with Crippen molar-refractivity contribution in [2.45, 2.75) is 32.9 Å². The summed E-state index contributed by atoms with van der Waals surface area (Å²) in [6, 6.07) is 4.74. The van der Waals surface area contributed by atoms with Crippen LogP contribution < -0.4 is 5.32 Å². The minimum Gasteiger partial charge on any atom is -0.354 e. The summed E-state index contributed by atoms with van der Waals surface area (Å²) in [5.74, 6) is 0. The first kappa shape index (κ1) is 9.33. The first-order valence-electron chi connectivity index (χ1n) is 4.63. The number of rotatable bonds is 5. The maximum Gasteiger partial charge on any atom is 0.0231 e. The zero-order chi connectivity index (χ0) is 8.81. The van der Waals surface area contributed by atoms with Gasteiger partial charge in [-0.3, -0.25) is 0 Å². The molecule has 1 heterocycles. The highest BCUT2D eigenvalue weighted by Crippen LogP contribution is 1.92. The van der Waals surface area contributed by atoms with Crippen LogP contribution in [0, 0.1) is 0 Å². The van der Waals surface area contributed by atoms with Crippen molar-refractivity contribution >= 4 is 0 Å². The summed E-state index contributed by atoms with van der Waals surface area (Å²) in [6.45, 7) is 6.58. The monoisotopic (exact) mass is 166 g/mol. The Hall–Kier alpha value is -0.760. The molecule has 0 bridgehead atoms. The van der Waals surface area contributed by atoms with Gasteiger partial charge in [0.25, 0.3) is 0 Å². The molecule has 0 aliphatic carbocycles. The van der Waals surface area contributed by atoms with Gasteiger partial charge in [-0.2, -0.15) is 0 Å². The molecule has 0 aromatic carbocycles. The van der Waals surface area contributed by atoms with Crippen molar-refractivity contribution in [1.29, 1.82) is 0 Å². The molecule has 1 rings (SSSR count). The van der Waals surface area contributed by atoms with E-state index in [0.29, 0.717) is 6.04 Å². The number of aryl methyl sites for hydroxylation is 1. The van der Waals surface area contributed by atoms with Crippen LogP contribution >= 0.6 is 0 Å². The molecule has 0 fully saturated rings. The van der Waals surface area contributed by atoms with Gasteiger partial charge in [0, 0.05) is 25.0 Å². The average molecular weight is 166 g/mol. The minimum absolute atomic E-state index is 0.606. The van der Waals surface area contributed by atoms with Crippen LogP contribution in [-0.2, 0) is 6.54 Å². The molecular weight excluding hydrogens is 148 g/mol. The average Bonchev–Trinajstić information content (AvgIpc) is 2.49. The third-order valence-electron chi connectivity index (χ3n) is 1.81. The fourth-order valence-corrected chi connectivity index (χ4v) is 1.17.